The fourth-order valence-electron chi connectivity index (χ4n) is 1.34. The fourth-order valence-corrected chi connectivity index (χ4v) is 1.34. The quantitative estimate of drug-likeness (QED) is 0.814. The van der Waals surface area contributed by atoms with Crippen molar-refractivity contribution >= 4 is 11.5 Å². The van der Waals surface area contributed by atoms with Gasteiger partial charge in [-0.1, -0.05) is 0 Å². The minimum absolute atomic E-state index is 0.677. The average Bonchev–Trinajstić information content (AvgIpc) is 2.80. The lowest BCUT2D eigenvalue weighted by Crippen LogP contribution is -2.10. The zero-order valence-corrected chi connectivity index (χ0v) is 9.44. The van der Waals surface area contributed by atoms with Crippen molar-refractivity contribution in [3.8, 4) is 0 Å². The Kier molecular flexibility index (Phi) is 3.05. The summed E-state index contributed by atoms with van der Waals surface area (Å²) in [6.07, 6.45) is 5.37. The molecule has 0 aliphatic rings. The molecule has 0 bridgehead atoms. The molecule has 0 saturated carbocycles. The molecule has 2 rings (SSSR count). The van der Waals surface area contributed by atoms with Gasteiger partial charge in [0, 0.05) is 26.5 Å². The standard InChI is InChI=1S/C11H15N5/c1-16(2)11-4-3-9(7-15-11)14-8-10-12-5-6-13-10/h3-7,14H,8H2,1-2H3,(H,12,13). The second-order valence-electron chi connectivity index (χ2n) is 3.69. The van der Waals surface area contributed by atoms with E-state index in [1.54, 1.807) is 6.20 Å². The molecule has 0 saturated heterocycles. The summed E-state index contributed by atoms with van der Waals surface area (Å²) in [7, 11) is 3.94. The molecule has 0 radical (unpaired) electrons. The van der Waals surface area contributed by atoms with E-state index in [1.165, 1.54) is 0 Å². The number of nitrogens with one attached hydrogen (secondary N) is 2. The number of aromatic amines is 1. The molecule has 0 fully saturated rings. The number of aromatic nitrogens is 3. The number of anilines is 2. The van der Waals surface area contributed by atoms with Crippen LogP contribution < -0.4 is 10.2 Å². The Balaban J connectivity index is 1.95. The van der Waals surface area contributed by atoms with Gasteiger partial charge in [-0.3, -0.25) is 0 Å². The van der Waals surface area contributed by atoms with Gasteiger partial charge in [-0.05, 0) is 12.1 Å². The Morgan fingerprint density at radius 2 is 2.19 bits per heavy atom. The number of pyridine rings is 1. The van der Waals surface area contributed by atoms with Gasteiger partial charge in [-0.15, -0.1) is 0 Å². The molecule has 2 N–H and O–H groups in total. The summed E-state index contributed by atoms with van der Waals surface area (Å²) >= 11 is 0. The first-order valence-electron chi connectivity index (χ1n) is 5.11. The van der Waals surface area contributed by atoms with E-state index in [9.17, 15) is 0 Å². The number of nitrogens with zero attached hydrogens (tertiary/aromatic N) is 3. The summed E-state index contributed by atoms with van der Waals surface area (Å²) in [6.45, 7) is 0.677. The minimum Gasteiger partial charge on any atom is -0.377 e. The van der Waals surface area contributed by atoms with Gasteiger partial charge >= 0.3 is 0 Å². The number of hydrogen-bond donors (Lipinski definition) is 2. The Hall–Kier alpha value is -2.04. The van der Waals surface area contributed by atoms with Crippen molar-refractivity contribution in [1.29, 1.82) is 0 Å². The third-order valence-corrected chi connectivity index (χ3v) is 2.22. The second kappa shape index (κ2) is 4.65. The van der Waals surface area contributed by atoms with E-state index < -0.39 is 0 Å². The molecule has 84 valence electrons. The Morgan fingerprint density at radius 1 is 1.31 bits per heavy atom. The van der Waals surface area contributed by atoms with Crippen molar-refractivity contribution in [3.63, 3.8) is 0 Å². The Bertz CT molecular complexity index is 418. The molecule has 5 heteroatoms. The lowest BCUT2D eigenvalue weighted by Gasteiger charge is -2.11. The molecule has 16 heavy (non-hydrogen) atoms. The van der Waals surface area contributed by atoms with Crippen LogP contribution in [0.3, 0.4) is 0 Å². The molecule has 0 atom stereocenters. The highest BCUT2D eigenvalue weighted by Crippen LogP contribution is 2.11. The monoisotopic (exact) mass is 217 g/mol. The average molecular weight is 217 g/mol. The SMILES string of the molecule is CN(C)c1ccc(NCc2ncc[nH]2)cn1. The first-order chi connectivity index (χ1) is 7.75. The lowest BCUT2D eigenvalue weighted by molar-refractivity contribution is 0.994. The molecule has 0 amide bonds. The highest BCUT2D eigenvalue weighted by molar-refractivity contribution is 5.47. The largest absolute Gasteiger partial charge is 0.377 e. The van der Waals surface area contributed by atoms with E-state index in [1.807, 2.05) is 43.5 Å². The molecular formula is C11H15N5. The molecule has 5 nitrogen and oxygen atoms in total. The van der Waals surface area contributed by atoms with Crippen LogP contribution in [0.4, 0.5) is 11.5 Å². The summed E-state index contributed by atoms with van der Waals surface area (Å²) in [4.78, 5) is 13.4. The highest BCUT2D eigenvalue weighted by Gasteiger charge is 1.98. The molecule has 2 aromatic heterocycles. The van der Waals surface area contributed by atoms with E-state index in [4.69, 9.17) is 0 Å². The van der Waals surface area contributed by atoms with E-state index >= 15 is 0 Å². The summed E-state index contributed by atoms with van der Waals surface area (Å²) < 4.78 is 0. The zero-order chi connectivity index (χ0) is 11.4. The van der Waals surface area contributed by atoms with Crippen LogP contribution in [0.2, 0.25) is 0 Å². The van der Waals surface area contributed by atoms with Crippen LogP contribution in [0.1, 0.15) is 5.82 Å². The third kappa shape index (κ3) is 2.50. The summed E-state index contributed by atoms with van der Waals surface area (Å²) in [5, 5.41) is 3.24. The third-order valence-electron chi connectivity index (χ3n) is 2.22. The van der Waals surface area contributed by atoms with Crippen molar-refractivity contribution in [2.24, 2.45) is 0 Å². The molecular weight excluding hydrogens is 202 g/mol. The molecule has 0 aromatic carbocycles. The van der Waals surface area contributed by atoms with Crippen molar-refractivity contribution in [1.82, 2.24) is 15.0 Å². The van der Waals surface area contributed by atoms with Crippen LogP contribution in [0.25, 0.3) is 0 Å². The maximum Gasteiger partial charge on any atom is 0.128 e. The van der Waals surface area contributed by atoms with Crippen LogP contribution in [0, 0.1) is 0 Å². The molecule has 2 aromatic rings. The first kappa shape index (κ1) is 10.5. The molecule has 2 heterocycles. The van der Waals surface area contributed by atoms with Crippen LogP contribution >= 0.6 is 0 Å². The first-order valence-corrected chi connectivity index (χ1v) is 5.11. The molecule has 0 aliphatic carbocycles. The minimum atomic E-state index is 0.677. The predicted molar refractivity (Wildman–Crippen MR) is 64.5 cm³/mol. The van der Waals surface area contributed by atoms with E-state index in [-0.39, 0.29) is 0 Å². The topological polar surface area (TPSA) is 56.8 Å². The van der Waals surface area contributed by atoms with Crippen LogP contribution in [-0.2, 0) is 6.54 Å². The fraction of sp³-hybridized carbons (Fsp3) is 0.273. The number of rotatable bonds is 4. The number of imidazole rings is 1. The van der Waals surface area contributed by atoms with E-state index in [2.05, 4.69) is 20.3 Å². The van der Waals surface area contributed by atoms with Crippen LogP contribution in [0.15, 0.2) is 30.7 Å². The summed E-state index contributed by atoms with van der Waals surface area (Å²) in [5.41, 5.74) is 0.988. The Morgan fingerprint density at radius 3 is 2.75 bits per heavy atom. The van der Waals surface area contributed by atoms with Gasteiger partial charge in [-0.2, -0.15) is 0 Å². The van der Waals surface area contributed by atoms with Gasteiger partial charge in [0.05, 0.1) is 18.4 Å². The van der Waals surface area contributed by atoms with Crippen molar-refractivity contribution in [2.45, 2.75) is 6.54 Å². The molecule has 0 unspecified atom stereocenters. The van der Waals surface area contributed by atoms with Crippen molar-refractivity contribution < 1.29 is 0 Å². The zero-order valence-electron chi connectivity index (χ0n) is 9.44. The van der Waals surface area contributed by atoms with E-state index in [0.717, 1.165) is 17.3 Å². The summed E-state index contributed by atoms with van der Waals surface area (Å²) in [6, 6.07) is 3.98. The number of H-pyrrole nitrogens is 1. The van der Waals surface area contributed by atoms with E-state index in [0.29, 0.717) is 6.54 Å². The normalized spacial score (nSPS) is 10.1. The van der Waals surface area contributed by atoms with Crippen LogP contribution in [0.5, 0.6) is 0 Å². The van der Waals surface area contributed by atoms with Gasteiger partial charge in [0.25, 0.3) is 0 Å². The Labute approximate surface area is 94.5 Å². The smallest absolute Gasteiger partial charge is 0.128 e. The van der Waals surface area contributed by atoms with Gasteiger partial charge in [0.15, 0.2) is 0 Å². The van der Waals surface area contributed by atoms with Crippen LogP contribution in [-0.4, -0.2) is 29.0 Å². The predicted octanol–water partition coefficient (Wildman–Crippen LogP) is 1.48. The number of hydrogen-bond acceptors (Lipinski definition) is 4. The van der Waals surface area contributed by atoms with Crippen molar-refractivity contribution in [2.75, 3.05) is 24.3 Å². The second-order valence-corrected chi connectivity index (χ2v) is 3.69. The molecule has 0 spiro atoms. The molecule has 0 aliphatic heterocycles. The van der Waals surface area contributed by atoms with Crippen molar-refractivity contribution in [3.05, 3.63) is 36.5 Å². The van der Waals surface area contributed by atoms with Gasteiger partial charge in [0.2, 0.25) is 0 Å². The van der Waals surface area contributed by atoms with Gasteiger partial charge in [-0.25, -0.2) is 9.97 Å². The summed E-state index contributed by atoms with van der Waals surface area (Å²) in [5.74, 6) is 1.86. The maximum absolute atomic E-state index is 4.31. The van der Waals surface area contributed by atoms with Gasteiger partial charge < -0.3 is 15.2 Å². The lowest BCUT2D eigenvalue weighted by atomic mass is 10.4. The maximum atomic E-state index is 4.31. The van der Waals surface area contributed by atoms with Gasteiger partial charge in [0.1, 0.15) is 11.6 Å². The highest BCUT2D eigenvalue weighted by atomic mass is 15.1.